The first-order chi connectivity index (χ1) is 42.2. The Hall–Kier alpha value is -9.30. The Bertz CT molecular complexity index is 4110. The van der Waals surface area contributed by atoms with Crippen molar-refractivity contribution in [1.29, 1.82) is 0 Å². The van der Waals surface area contributed by atoms with E-state index < -0.39 is 0 Å². The van der Waals surface area contributed by atoms with Crippen LogP contribution in [0.15, 0.2) is 249 Å². The van der Waals surface area contributed by atoms with Gasteiger partial charge in [-0.3, -0.25) is 0 Å². The fraction of sp³-hybridized carbons (Fsp3) is 0.163. The van der Waals surface area contributed by atoms with Crippen molar-refractivity contribution in [3.8, 4) is 55.6 Å². The lowest BCUT2D eigenvalue weighted by molar-refractivity contribution is 0.938. The van der Waals surface area contributed by atoms with Crippen molar-refractivity contribution in [3.63, 3.8) is 0 Å². The largest absolute Gasteiger partial charge is 0.243 e. The molecule has 0 radical (unpaired) electrons. The van der Waals surface area contributed by atoms with Crippen LogP contribution in [-0.4, -0.2) is 6.71 Å². The summed E-state index contributed by atoms with van der Waals surface area (Å²) in [5, 5.41) is 0. The molecule has 0 aromatic heterocycles. The first-order valence-corrected chi connectivity index (χ1v) is 31.2. The lowest BCUT2D eigenvalue weighted by atomic mass is 9.32. The number of benzene rings is 12. The first-order valence-electron chi connectivity index (χ1n) is 31.2. The molecule has 0 heterocycles. The van der Waals surface area contributed by atoms with Crippen molar-refractivity contribution in [1.82, 2.24) is 0 Å². The van der Waals surface area contributed by atoms with E-state index in [1.165, 1.54) is 172 Å². The predicted octanol–water partition coefficient (Wildman–Crippen LogP) is 20.6. The van der Waals surface area contributed by atoms with Crippen molar-refractivity contribution < 1.29 is 0 Å². The van der Waals surface area contributed by atoms with Gasteiger partial charge in [0.15, 0.2) is 0 Å². The SMILES string of the molecule is Cc1c(C)c(-c2cc(-c3ccccc3)cc(-c3ccccc3)c2)c(C)c(C)c1B(c1c(C)c(C)c(C(c2ccccc2)c2ccc(-c3ccccc3)cc2)c(C)c1C)c1c(C)c(C)c(C(c2ccccc2)c2ccc(-c3ccccc3)cc2)c(C)c1C. The monoisotopic (exact) mass is 1120 g/mol. The lowest BCUT2D eigenvalue weighted by Crippen LogP contribution is -2.58. The van der Waals surface area contributed by atoms with Crippen LogP contribution in [0, 0.1) is 83.1 Å². The second kappa shape index (κ2) is 24.6. The van der Waals surface area contributed by atoms with Crippen molar-refractivity contribution in [3.05, 3.63) is 349 Å². The first kappa shape index (κ1) is 58.1. The van der Waals surface area contributed by atoms with Crippen LogP contribution in [-0.2, 0) is 0 Å². The molecule has 0 aliphatic rings. The Kier molecular flexibility index (Phi) is 16.4. The molecule has 0 amide bonds. The molecule has 0 bridgehead atoms. The highest BCUT2D eigenvalue weighted by molar-refractivity contribution is 6.97. The Morgan fingerprint density at radius 3 is 0.701 bits per heavy atom. The molecule has 2 unspecified atom stereocenters. The van der Waals surface area contributed by atoms with Gasteiger partial charge in [-0.2, -0.15) is 0 Å². The molecule has 0 aliphatic carbocycles. The Morgan fingerprint density at radius 2 is 0.414 bits per heavy atom. The molecule has 1 heteroatoms. The Labute approximate surface area is 519 Å². The molecular weight excluding hydrogens is 1040 g/mol. The van der Waals surface area contributed by atoms with E-state index in [1.807, 2.05) is 0 Å². The van der Waals surface area contributed by atoms with E-state index in [9.17, 15) is 0 Å². The van der Waals surface area contributed by atoms with Crippen molar-refractivity contribution in [2.24, 2.45) is 0 Å². The zero-order valence-electron chi connectivity index (χ0n) is 52.9. The molecule has 0 aliphatic heterocycles. The Morgan fingerprint density at radius 1 is 0.195 bits per heavy atom. The molecule has 0 fully saturated rings. The van der Waals surface area contributed by atoms with Gasteiger partial charge < -0.3 is 0 Å². The summed E-state index contributed by atoms with van der Waals surface area (Å²) >= 11 is 0. The molecule has 0 N–H and O–H groups in total. The maximum atomic E-state index is 2.44. The minimum Gasteiger partial charge on any atom is -0.0624 e. The molecule has 0 saturated heterocycles. The quantitative estimate of drug-likeness (QED) is 0.0752. The summed E-state index contributed by atoms with van der Waals surface area (Å²) in [4.78, 5) is 0. The molecule has 87 heavy (non-hydrogen) atoms. The minimum atomic E-state index is -0.0782. The maximum Gasteiger partial charge on any atom is 0.243 e. The normalized spacial score (nSPS) is 12.0. The molecule has 2 atom stereocenters. The molecule has 12 aromatic rings. The summed E-state index contributed by atoms with van der Waals surface area (Å²) in [6, 6.07) is 91.7. The van der Waals surface area contributed by atoms with E-state index in [0.29, 0.717) is 0 Å². The van der Waals surface area contributed by atoms with Gasteiger partial charge in [-0.05, 0) is 224 Å². The predicted molar refractivity (Wildman–Crippen MR) is 376 cm³/mol. The summed E-state index contributed by atoms with van der Waals surface area (Å²) in [5.74, 6) is 0.0639. The molecule has 12 aromatic carbocycles. The van der Waals surface area contributed by atoms with E-state index >= 15 is 0 Å². The molecule has 0 nitrogen and oxygen atoms in total. The van der Waals surface area contributed by atoms with E-state index in [-0.39, 0.29) is 18.5 Å². The number of hydrogen-bond donors (Lipinski definition) is 0. The van der Waals surface area contributed by atoms with Gasteiger partial charge in [0.05, 0.1) is 0 Å². The van der Waals surface area contributed by atoms with Crippen LogP contribution in [0.3, 0.4) is 0 Å². The summed E-state index contributed by atoms with van der Waals surface area (Å²) in [6.07, 6.45) is 0. The van der Waals surface area contributed by atoms with Gasteiger partial charge in [-0.25, -0.2) is 0 Å². The number of rotatable bonds is 14. The summed E-state index contributed by atoms with van der Waals surface area (Å²) in [6.45, 7) is 29.0. The topological polar surface area (TPSA) is 0 Å². The molecular formula is C86H79B. The van der Waals surface area contributed by atoms with Crippen molar-refractivity contribution in [2.75, 3.05) is 0 Å². The fourth-order valence-electron chi connectivity index (χ4n) is 14.8. The third kappa shape index (κ3) is 10.8. The van der Waals surface area contributed by atoms with Gasteiger partial charge in [0.1, 0.15) is 0 Å². The molecule has 12 rings (SSSR count). The Balaban J connectivity index is 1.11. The fourth-order valence-corrected chi connectivity index (χ4v) is 14.8. The third-order valence-electron chi connectivity index (χ3n) is 20.0. The van der Waals surface area contributed by atoms with Crippen LogP contribution in [0.4, 0.5) is 0 Å². The second-order valence-corrected chi connectivity index (χ2v) is 24.6. The lowest BCUT2D eigenvalue weighted by Gasteiger charge is -2.35. The van der Waals surface area contributed by atoms with Crippen LogP contribution in [0.1, 0.15) is 112 Å². The van der Waals surface area contributed by atoms with Crippen molar-refractivity contribution >= 4 is 23.1 Å². The summed E-state index contributed by atoms with van der Waals surface area (Å²) in [5.41, 5.74) is 40.8. The van der Waals surface area contributed by atoms with E-state index in [4.69, 9.17) is 0 Å². The zero-order valence-corrected chi connectivity index (χ0v) is 52.9. The highest BCUT2D eigenvalue weighted by Crippen LogP contribution is 2.43. The van der Waals surface area contributed by atoms with Gasteiger partial charge in [-0.1, -0.05) is 280 Å². The molecule has 0 spiro atoms. The average molecular weight is 1120 g/mol. The van der Waals surface area contributed by atoms with Gasteiger partial charge >= 0.3 is 0 Å². The average Bonchev–Trinajstić information content (AvgIpc) is 0.859. The highest BCUT2D eigenvalue weighted by atomic mass is 14.3. The van der Waals surface area contributed by atoms with Crippen LogP contribution < -0.4 is 16.4 Å². The van der Waals surface area contributed by atoms with E-state index in [2.05, 4.69) is 332 Å². The third-order valence-corrected chi connectivity index (χ3v) is 20.0. The standard InChI is InChI=1S/C86H79B/c1-54-60(7)84(61(8)55(2)79(54)78-52-76(68-35-23-15-24-36-68)51-77(53-78)69-37-25-16-26-38-69)87(85-62(9)56(3)80(57(4)63(85)10)82(72-39-27-17-28-40-72)74-47-43-70(44-48-74)66-31-19-13-20-32-66)86-64(11)58(5)81(59(6)65(86)12)83(73-41-29-18-30-42-73)75-49-45-71(46-50-75)67-33-21-14-22-34-67/h13-53,82-83H,1-12H3. The van der Waals surface area contributed by atoms with Crippen LogP contribution in [0.5, 0.6) is 0 Å². The van der Waals surface area contributed by atoms with Gasteiger partial charge in [0.2, 0.25) is 6.71 Å². The van der Waals surface area contributed by atoms with Gasteiger partial charge in [0, 0.05) is 11.8 Å². The second-order valence-electron chi connectivity index (χ2n) is 24.6. The van der Waals surface area contributed by atoms with Crippen LogP contribution in [0.25, 0.3) is 55.6 Å². The van der Waals surface area contributed by atoms with Crippen LogP contribution in [0.2, 0.25) is 0 Å². The van der Waals surface area contributed by atoms with Gasteiger partial charge in [0.25, 0.3) is 0 Å². The summed E-state index contributed by atoms with van der Waals surface area (Å²) in [7, 11) is 0. The maximum absolute atomic E-state index is 2.44. The molecule has 0 saturated carbocycles. The van der Waals surface area contributed by atoms with E-state index in [1.54, 1.807) is 0 Å². The highest BCUT2D eigenvalue weighted by Gasteiger charge is 2.38. The van der Waals surface area contributed by atoms with Crippen LogP contribution >= 0.6 is 0 Å². The zero-order chi connectivity index (χ0) is 60.6. The van der Waals surface area contributed by atoms with Crippen molar-refractivity contribution in [2.45, 2.75) is 94.9 Å². The van der Waals surface area contributed by atoms with Gasteiger partial charge in [-0.15, -0.1) is 0 Å². The van der Waals surface area contributed by atoms with E-state index in [0.717, 1.165) is 0 Å². The number of hydrogen-bond acceptors (Lipinski definition) is 0. The smallest absolute Gasteiger partial charge is 0.0624 e. The minimum absolute atomic E-state index is 0.0320. The molecule has 426 valence electrons. The summed E-state index contributed by atoms with van der Waals surface area (Å²) < 4.78 is 0.